The van der Waals surface area contributed by atoms with E-state index in [1.807, 2.05) is 19.1 Å². The lowest BCUT2D eigenvalue weighted by Gasteiger charge is -2.11. The highest BCUT2D eigenvalue weighted by Gasteiger charge is 2.10. The van der Waals surface area contributed by atoms with Crippen LogP contribution in [0.5, 0.6) is 0 Å². The Kier molecular flexibility index (Phi) is 5.02. The van der Waals surface area contributed by atoms with Crippen LogP contribution in [0.2, 0.25) is 0 Å². The number of pyridine rings is 1. The number of aryl methyl sites for hydroxylation is 1. The molecule has 26 heavy (non-hydrogen) atoms. The van der Waals surface area contributed by atoms with Gasteiger partial charge in [-0.25, -0.2) is 9.37 Å². The maximum absolute atomic E-state index is 13.2. The predicted octanol–water partition coefficient (Wildman–Crippen LogP) is 4.10. The molecule has 6 heteroatoms. The number of nitrogens with one attached hydrogen (secondary N) is 1. The lowest BCUT2D eigenvalue weighted by molar-refractivity contribution is 0.0827. The van der Waals surface area contributed by atoms with Crippen LogP contribution in [0.3, 0.4) is 0 Å². The van der Waals surface area contributed by atoms with E-state index in [0.717, 1.165) is 16.9 Å². The van der Waals surface area contributed by atoms with Gasteiger partial charge in [-0.2, -0.15) is 0 Å². The number of hydrogen-bond donors (Lipinski definition) is 1. The Morgan fingerprint density at radius 1 is 1.19 bits per heavy atom. The highest BCUT2D eigenvalue weighted by molar-refractivity contribution is 5.94. The smallest absolute Gasteiger partial charge is 0.253 e. The molecular weight excluding hydrogens is 333 g/mol. The maximum atomic E-state index is 13.2. The number of halogens is 1. The molecule has 3 aromatic rings. The molecule has 0 fully saturated rings. The number of furan rings is 1. The second-order valence-corrected chi connectivity index (χ2v) is 6.21. The maximum Gasteiger partial charge on any atom is 0.253 e. The molecule has 5 nitrogen and oxygen atoms in total. The third-order valence-electron chi connectivity index (χ3n) is 3.97. The van der Waals surface area contributed by atoms with Crippen LogP contribution in [0, 0.1) is 12.7 Å². The van der Waals surface area contributed by atoms with Crippen LogP contribution in [0.1, 0.15) is 21.7 Å². The number of benzene rings is 1. The fourth-order valence-electron chi connectivity index (χ4n) is 2.62. The topological polar surface area (TPSA) is 58.4 Å². The minimum atomic E-state index is -0.266. The van der Waals surface area contributed by atoms with Crippen LogP contribution < -0.4 is 5.32 Å². The van der Waals surface area contributed by atoms with Gasteiger partial charge in [0.1, 0.15) is 23.2 Å². The highest BCUT2D eigenvalue weighted by atomic mass is 19.1. The molecule has 0 aliphatic heterocycles. The molecule has 1 aromatic carbocycles. The molecule has 1 N–H and O–H groups in total. The largest absolute Gasteiger partial charge is 0.459 e. The normalized spacial score (nSPS) is 10.6. The van der Waals surface area contributed by atoms with Gasteiger partial charge in [0.15, 0.2) is 0 Å². The van der Waals surface area contributed by atoms with Crippen molar-refractivity contribution < 1.29 is 13.6 Å². The monoisotopic (exact) mass is 353 g/mol. The molecular formula is C20H20FN3O2. The molecule has 0 saturated carbocycles. The van der Waals surface area contributed by atoms with Crippen molar-refractivity contribution in [2.45, 2.75) is 13.5 Å². The number of carbonyl (C=O) groups excluding carboxylic acids is 1. The van der Waals surface area contributed by atoms with E-state index < -0.39 is 0 Å². The van der Waals surface area contributed by atoms with Crippen molar-refractivity contribution >= 4 is 11.7 Å². The van der Waals surface area contributed by atoms with Gasteiger partial charge in [0, 0.05) is 31.4 Å². The van der Waals surface area contributed by atoms with Crippen molar-refractivity contribution in [1.29, 1.82) is 0 Å². The van der Waals surface area contributed by atoms with Gasteiger partial charge in [-0.3, -0.25) is 4.79 Å². The molecule has 1 amide bonds. The zero-order valence-corrected chi connectivity index (χ0v) is 14.9. The van der Waals surface area contributed by atoms with Crippen LogP contribution in [0.25, 0.3) is 11.3 Å². The van der Waals surface area contributed by atoms with Crippen molar-refractivity contribution in [1.82, 2.24) is 9.88 Å². The van der Waals surface area contributed by atoms with Gasteiger partial charge < -0.3 is 14.6 Å². The van der Waals surface area contributed by atoms with E-state index in [9.17, 15) is 9.18 Å². The van der Waals surface area contributed by atoms with E-state index in [0.29, 0.717) is 23.7 Å². The van der Waals surface area contributed by atoms with Crippen LogP contribution in [0.4, 0.5) is 10.2 Å². The Morgan fingerprint density at radius 3 is 2.73 bits per heavy atom. The molecule has 3 rings (SSSR count). The molecule has 0 spiro atoms. The second kappa shape index (κ2) is 7.39. The van der Waals surface area contributed by atoms with E-state index in [-0.39, 0.29) is 11.7 Å². The summed E-state index contributed by atoms with van der Waals surface area (Å²) in [4.78, 5) is 17.7. The van der Waals surface area contributed by atoms with Crippen molar-refractivity contribution in [3.8, 4) is 11.3 Å². The van der Waals surface area contributed by atoms with Crippen molar-refractivity contribution in [3.63, 3.8) is 0 Å². The summed E-state index contributed by atoms with van der Waals surface area (Å²) in [6, 6.07) is 11.7. The first-order chi connectivity index (χ1) is 12.4. The number of hydrogen-bond acceptors (Lipinski definition) is 4. The van der Waals surface area contributed by atoms with Crippen molar-refractivity contribution in [3.05, 3.63) is 71.4 Å². The van der Waals surface area contributed by atoms with Gasteiger partial charge in [0.2, 0.25) is 0 Å². The Hall–Kier alpha value is -3.15. The van der Waals surface area contributed by atoms with Gasteiger partial charge in [-0.1, -0.05) is 0 Å². The molecule has 2 aromatic heterocycles. The first-order valence-electron chi connectivity index (χ1n) is 8.21. The van der Waals surface area contributed by atoms with Crippen molar-refractivity contribution in [2.24, 2.45) is 0 Å². The summed E-state index contributed by atoms with van der Waals surface area (Å²) in [5.41, 5.74) is 2.24. The SMILES string of the molecule is Cc1cc(F)ccc1-c1ccc(CNc2cc(C(=O)N(C)C)ccn2)o1. The van der Waals surface area contributed by atoms with Gasteiger partial charge in [0.25, 0.3) is 5.91 Å². The summed E-state index contributed by atoms with van der Waals surface area (Å²) >= 11 is 0. The summed E-state index contributed by atoms with van der Waals surface area (Å²) in [5.74, 6) is 1.65. The standard InChI is InChI=1S/C20H20FN3O2/c1-13-10-15(21)4-6-17(13)18-7-5-16(26-18)12-23-19-11-14(8-9-22-19)20(25)24(2)3/h4-11H,12H2,1-3H3,(H,22,23). The van der Waals surface area contributed by atoms with Gasteiger partial charge in [-0.15, -0.1) is 0 Å². The Labute approximate surface area is 151 Å². The Balaban J connectivity index is 1.71. The minimum absolute atomic E-state index is 0.0810. The lowest BCUT2D eigenvalue weighted by atomic mass is 10.1. The lowest BCUT2D eigenvalue weighted by Crippen LogP contribution is -2.21. The second-order valence-electron chi connectivity index (χ2n) is 6.21. The first kappa shape index (κ1) is 17.7. The van der Waals surface area contributed by atoms with Crippen LogP contribution in [-0.2, 0) is 6.54 Å². The van der Waals surface area contributed by atoms with E-state index >= 15 is 0 Å². The van der Waals surface area contributed by atoms with Crippen LogP contribution in [0.15, 0.2) is 53.1 Å². The van der Waals surface area contributed by atoms with E-state index in [2.05, 4.69) is 10.3 Å². The van der Waals surface area contributed by atoms with Crippen LogP contribution in [-0.4, -0.2) is 29.9 Å². The molecule has 0 saturated heterocycles. The zero-order chi connectivity index (χ0) is 18.7. The zero-order valence-electron chi connectivity index (χ0n) is 14.9. The highest BCUT2D eigenvalue weighted by Crippen LogP contribution is 2.26. The third kappa shape index (κ3) is 3.91. The molecule has 0 atom stereocenters. The quantitative estimate of drug-likeness (QED) is 0.750. The fourth-order valence-corrected chi connectivity index (χ4v) is 2.62. The van der Waals surface area contributed by atoms with Crippen LogP contribution >= 0.6 is 0 Å². The van der Waals surface area contributed by atoms with Gasteiger partial charge >= 0.3 is 0 Å². The number of rotatable bonds is 5. The molecule has 0 aliphatic carbocycles. The van der Waals surface area contributed by atoms with Gasteiger partial charge in [0.05, 0.1) is 6.54 Å². The predicted molar refractivity (Wildman–Crippen MR) is 98.4 cm³/mol. The number of anilines is 1. The van der Waals surface area contributed by atoms with E-state index in [1.54, 1.807) is 38.5 Å². The van der Waals surface area contributed by atoms with E-state index in [1.165, 1.54) is 17.0 Å². The summed E-state index contributed by atoms with van der Waals surface area (Å²) < 4.78 is 19.1. The summed E-state index contributed by atoms with van der Waals surface area (Å²) in [6.45, 7) is 2.27. The number of nitrogens with zero attached hydrogens (tertiary/aromatic N) is 2. The third-order valence-corrected chi connectivity index (χ3v) is 3.97. The van der Waals surface area contributed by atoms with Gasteiger partial charge in [-0.05, 0) is 55.0 Å². The molecule has 0 radical (unpaired) electrons. The average Bonchev–Trinajstić information content (AvgIpc) is 3.08. The number of carbonyl (C=O) groups is 1. The Morgan fingerprint density at radius 2 is 2.00 bits per heavy atom. The Bertz CT molecular complexity index is 934. The number of amides is 1. The molecule has 134 valence electrons. The van der Waals surface area contributed by atoms with E-state index in [4.69, 9.17) is 4.42 Å². The molecule has 0 aliphatic rings. The van der Waals surface area contributed by atoms with Crippen molar-refractivity contribution in [2.75, 3.05) is 19.4 Å². The summed E-state index contributed by atoms with van der Waals surface area (Å²) in [5, 5.41) is 3.15. The fraction of sp³-hybridized carbons (Fsp3) is 0.200. The minimum Gasteiger partial charge on any atom is -0.459 e. The average molecular weight is 353 g/mol. The first-order valence-corrected chi connectivity index (χ1v) is 8.21. The molecule has 0 bridgehead atoms. The molecule has 0 unspecified atom stereocenters. The summed E-state index contributed by atoms with van der Waals surface area (Å²) in [6.07, 6.45) is 1.59. The number of aromatic nitrogens is 1. The molecule has 2 heterocycles. The summed E-state index contributed by atoms with van der Waals surface area (Å²) in [7, 11) is 3.41.